The Morgan fingerprint density at radius 1 is 1.14 bits per heavy atom. The normalized spacial score (nSPS) is 15.7. The van der Waals surface area contributed by atoms with Crippen molar-refractivity contribution < 1.29 is 9.21 Å². The van der Waals surface area contributed by atoms with Crippen molar-refractivity contribution in [3.05, 3.63) is 41.6 Å². The SMILES string of the molecule is Cc1cc(C)nc(N2CCCN(C(=O)c3ccco3)CC2)n1. The van der Waals surface area contributed by atoms with Gasteiger partial charge in [0, 0.05) is 37.6 Å². The highest BCUT2D eigenvalue weighted by atomic mass is 16.3. The van der Waals surface area contributed by atoms with E-state index in [9.17, 15) is 4.79 Å². The van der Waals surface area contributed by atoms with Gasteiger partial charge in [-0.05, 0) is 38.5 Å². The minimum absolute atomic E-state index is 0.0480. The fraction of sp³-hybridized carbons (Fsp3) is 0.438. The van der Waals surface area contributed by atoms with Crippen LogP contribution >= 0.6 is 0 Å². The lowest BCUT2D eigenvalue weighted by Crippen LogP contribution is -2.35. The van der Waals surface area contributed by atoms with Crippen molar-refractivity contribution in [3.63, 3.8) is 0 Å². The maximum Gasteiger partial charge on any atom is 0.289 e. The zero-order valence-electron chi connectivity index (χ0n) is 13.0. The van der Waals surface area contributed by atoms with E-state index in [1.54, 1.807) is 12.1 Å². The summed E-state index contributed by atoms with van der Waals surface area (Å²) < 4.78 is 5.20. The number of carbonyl (C=O) groups is 1. The van der Waals surface area contributed by atoms with E-state index in [1.165, 1.54) is 6.26 Å². The van der Waals surface area contributed by atoms with Crippen molar-refractivity contribution in [1.29, 1.82) is 0 Å². The molecule has 2 aromatic heterocycles. The van der Waals surface area contributed by atoms with Crippen molar-refractivity contribution in [2.45, 2.75) is 20.3 Å². The van der Waals surface area contributed by atoms with Gasteiger partial charge >= 0.3 is 0 Å². The smallest absolute Gasteiger partial charge is 0.289 e. The molecular weight excluding hydrogens is 280 g/mol. The highest BCUT2D eigenvalue weighted by Gasteiger charge is 2.23. The van der Waals surface area contributed by atoms with Gasteiger partial charge in [0.1, 0.15) is 0 Å². The Balaban J connectivity index is 1.71. The zero-order chi connectivity index (χ0) is 15.5. The van der Waals surface area contributed by atoms with Gasteiger partial charge in [0.15, 0.2) is 5.76 Å². The molecule has 2 aromatic rings. The predicted molar refractivity (Wildman–Crippen MR) is 82.9 cm³/mol. The van der Waals surface area contributed by atoms with Gasteiger partial charge in [0.25, 0.3) is 5.91 Å². The van der Waals surface area contributed by atoms with Crippen LogP contribution in [0.15, 0.2) is 28.9 Å². The maximum atomic E-state index is 12.3. The Hall–Kier alpha value is -2.37. The van der Waals surface area contributed by atoms with Crippen LogP contribution in [0.25, 0.3) is 0 Å². The molecule has 6 nitrogen and oxygen atoms in total. The third-order valence-corrected chi connectivity index (χ3v) is 3.77. The molecule has 1 fully saturated rings. The van der Waals surface area contributed by atoms with Crippen molar-refractivity contribution in [2.24, 2.45) is 0 Å². The standard InChI is InChI=1S/C16H20N4O2/c1-12-11-13(2)18-16(17-12)20-7-4-6-19(8-9-20)15(21)14-5-3-10-22-14/h3,5,10-11H,4,6-9H2,1-2H3. The molecule has 1 aliphatic rings. The van der Waals surface area contributed by atoms with Gasteiger partial charge < -0.3 is 14.2 Å². The second-order valence-corrected chi connectivity index (χ2v) is 5.56. The van der Waals surface area contributed by atoms with Gasteiger partial charge in [-0.3, -0.25) is 4.79 Å². The largest absolute Gasteiger partial charge is 0.459 e. The van der Waals surface area contributed by atoms with Crippen LogP contribution in [0.4, 0.5) is 5.95 Å². The molecule has 1 amide bonds. The molecule has 0 aliphatic carbocycles. The summed E-state index contributed by atoms with van der Waals surface area (Å²) >= 11 is 0. The summed E-state index contributed by atoms with van der Waals surface area (Å²) in [4.78, 5) is 25.4. The van der Waals surface area contributed by atoms with Gasteiger partial charge in [0.05, 0.1) is 6.26 Å². The average Bonchev–Trinajstić information content (AvgIpc) is 2.90. The zero-order valence-corrected chi connectivity index (χ0v) is 13.0. The topological polar surface area (TPSA) is 62.5 Å². The minimum Gasteiger partial charge on any atom is -0.459 e. The van der Waals surface area contributed by atoms with E-state index in [1.807, 2.05) is 24.8 Å². The maximum absolute atomic E-state index is 12.3. The number of aryl methyl sites for hydroxylation is 2. The van der Waals surface area contributed by atoms with E-state index in [0.29, 0.717) is 12.3 Å². The number of nitrogens with zero attached hydrogens (tertiary/aromatic N) is 4. The summed E-state index contributed by atoms with van der Waals surface area (Å²) in [5.74, 6) is 1.11. The lowest BCUT2D eigenvalue weighted by molar-refractivity contribution is 0.0735. The number of anilines is 1. The number of carbonyl (C=O) groups excluding carboxylic acids is 1. The molecule has 0 saturated carbocycles. The molecule has 0 N–H and O–H groups in total. The molecule has 116 valence electrons. The highest BCUT2D eigenvalue weighted by molar-refractivity contribution is 5.91. The highest BCUT2D eigenvalue weighted by Crippen LogP contribution is 2.15. The van der Waals surface area contributed by atoms with Gasteiger partial charge in [-0.15, -0.1) is 0 Å². The Bertz CT molecular complexity index is 634. The molecule has 0 atom stereocenters. The second kappa shape index (κ2) is 6.17. The monoisotopic (exact) mass is 300 g/mol. The number of hydrogen-bond donors (Lipinski definition) is 0. The Labute approximate surface area is 129 Å². The summed E-state index contributed by atoms with van der Waals surface area (Å²) in [6.07, 6.45) is 2.42. The number of rotatable bonds is 2. The van der Waals surface area contributed by atoms with Crippen LogP contribution in [0.2, 0.25) is 0 Å². The molecule has 0 aromatic carbocycles. The first kappa shape index (κ1) is 14.6. The fourth-order valence-corrected chi connectivity index (χ4v) is 2.73. The number of hydrogen-bond acceptors (Lipinski definition) is 5. The lowest BCUT2D eigenvalue weighted by Gasteiger charge is -2.22. The lowest BCUT2D eigenvalue weighted by atomic mass is 10.3. The Kier molecular flexibility index (Phi) is 4.09. The molecule has 1 saturated heterocycles. The first-order chi connectivity index (χ1) is 10.6. The van der Waals surface area contributed by atoms with E-state index < -0.39 is 0 Å². The predicted octanol–water partition coefficient (Wildman–Crippen LogP) is 2.04. The van der Waals surface area contributed by atoms with Crippen LogP contribution in [0, 0.1) is 13.8 Å². The molecule has 3 heterocycles. The van der Waals surface area contributed by atoms with Gasteiger partial charge in [-0.2, -0.15) is 0 Å². The summed E-state index contributed by atoms with van der Waals surface area (Å²) in [6.45, 7) is 6.91. The van der Waals surface area contributed by atoms with Gasteiger partial charge in [0.2, 0.25) is 5.95 Å². The third-order valence-electron chi connectivity index (χ3n) is 3.77. The van der Waals surface area contributed by atoms with Crippen LogP contribution < -0.4 is 4.90 Å². The third kappa shape index (κ3) is 3.10. The molecule has 6 heteroatoms. The number of amides is 1. The van der Waals surface area contributed by atoms with E-state index in [-0.39, 0.29) is 5.91 Å². The first-order valence-electron chi connectivity index (χ1n) is 7.53. The van der Waals surface area contributed by atoms with Crippen LogP contribution in [0.1, 0.15) is 28.4 Å². The van der Waals surface area contributed by atoms with Crippen LogP contribution in [0.3, 0.4) is 0 Å². The number of aromatic nitrogens is 2. The number of furan rings is 1. The molecule has 0 unspecified atom stereocenters. The van der Waals surface area contributed by atoms with Crippen LogP contribution in [-0.2, 0) is 0 Å². The Morgan fingerprint density at radius 2 is 1.91 bits per heavy atom. The minimum atomic E-state index is -0.0480. The second-order valence-electron chi connectivity index (χ2n) is 5.56. The van der Waals surface area contributed by atoms with Crippen LogP contribution in [-0.4, -0.2) is 47.0 Å². The van der Waals surface area contributed by atoms with E-state index >= 15 is 0 Å². The summed E-state index contributed by atoms with van der Waals surface area (Å²) in [6, 6.07) is 5.41. The van der Waals surface area contributed by atoms with Crippen molar-refractivity contribution >= 4 is 11.9 Å². The van der Waals surface area contributed by atoms with E-state index in [2.05, 4.69) is 14.9 Å². The quantitative estimate of drug-likeness (QED) is 0.849. The van der Waals surface area contributed by atoms with Crippen LogP contribution in [0.5, 0.6) is 0 Å². The average molecular weight is 300 g/mol. The van der Waals surface area contributed by atoms with E-state index in [0.717, 1.165) is 43.4 Å². The van der Waals surface area contributed by atoms with E-state index in [4.69, 9.17) is 4.42 Å². The molecule has 22 heavy (non-hydrogen) atoms. The van der Waals surface area contributed by atoms with Gasteiger partial charge in [-0.25, -0.2) is 9.97 Å². The fourth-order valence-electron chi connectivity index (χ4n) is 2.73. The first-order valence-corrected chi connectivity index (χ1v) is 7.53. The molecule has 1 aliphatic heterocycles. The van der Waals surface area contributed by atoms with Gasteiger partial charge in [-0.1, -0.05) is 0 Å². The summed E-state index contributed by atoms with van der Waals surface area (Å²) in [5.41, 5.74) is 1.94. The molecule has 0 radical (unpaired) electrons. The van der Waals surface area contributed by atoms with Crippen molar-refractivity contribution in [2.75, 3.05) is 31.1 Å². The summed E-state index contributed by atoms with van der Waals surface area (Å²) in [5, 5.41) is 0. The van der Waals surface area contributed by atoms with Crippen molar-refractivity contribution in [3.8, 4) is 0 Å². The molecule has 0 bridgehead atoms. The van der Waals surface area contributed by atoms with Crippen molar-refractivity contribution in [1.82, 2.24) is 14.9 Å². The summed E-state index contributed by atoms with van der Waals surface area (Å²) in [7, 11) is 0. The molecule has 0 spiro atoms. The molecule has 3 rings (SSSR count). The Morgan fingerprint density at radius 3 is 2.59 bits per heavy atom. The molecular formula is C16H20N4O2.